The van der Waals surface area contributed by atoms with Gasteiger partial charge in [0.15, 0.2) is 0 Å². The number of nitrogens with one attached hydrogen (secondary N) is 2. The number of hydrogen-bond acceptors (Lipinski definition) is 6. The molecule has 1 atom stereocenters. The second kappa shape index (κ2) is 8.99. The van der Waals surface area contributed by atoms with Crippen molar-refractivity contribution in [2.45, 2.75) is 26.8 Å². The lowest BCUT2D eigenvalue weighted by Crippen LogP contribution is -2.30. The molecule has 146 valence electrons. The van der Waals surface area contributed by atoms with E-state index in [0.29, 0.717) is 22.5 Å². The Morgan fingerprint density at radius 1 is 1.07 bits per heavy atom. The fraction of sp³-hybridized carbons (Fsp3) is 0.286. The molecule has 1 aromatic carbocycles. The fourth-order valence-corrected chi connectivity index (χ4v) is 2.81. The van der Waals surface area contributed by atoms with Crippen molar-refractivity contribution >= 4 is 29.1 Å². The van der Waals surface area contributed by atoms with Gasteiger partial charge in [0.1, 0.15) is 5.82 Å². The second-order valence-corrected chi connectivity index (χ2v) is 7.35. The summed E-state index contributed by atoms with van der Waals surface area (Å²) in [5.74, 6) is 1.26. The van der Waals surface area contributed by atoms with E-state index in [1.54, 1.807) is 6.20 Å². The van der Waals surface area contributed by atoms with Gasteiger partial charge < -0.3 is 15.7 Å². The highest BCUT2D eigenvalue weighted by Gasteiger charge is 2.15. The van der Waals surface area contributed by atoms with Gasteiger partial charge in [-0.2, -0.15) is 4.98 Å². The van der Waals surface area contributed by atoms with Crippen molar-refractivity contribution in [1.29, 1.82) is 0 Å². The number of anilines is 3. The molecule has 6 nitrogen and oxygen atoms in total. The number of benzene rings is 1. The van der Waals surface area contributed by atoms with Gasteiger partial charge in [0.25, 0.3) is 0 Å². The van der Waals surface area contributed by atoms with E-state index < -0.39 is 0 Å². The summed E-state index contributed by atoms with van der Waals surface area (Å²) in [6, 6.07) is 13.1. The molecule has 7 heteroatoms. The summed E-state index contributed by atoms with van der Waals surface area (Å²) in [4.78, 5) is 13.5. The Kier molecular flexibility index (Phi) is 6.44. The smallest absolute Gasteiger partial charge is 0.225 e. The highest BCUT2D eigenvalue weighted by Crippen LogP contribution is 2.25. The molecule has 0 saturated heterocycles. The van der Waals surface area contributed by atoms with Crippen LogP contribution in [0.5, 0.6) is 0 Å². The van der Waals surface area contributed by atoms with Crippen LogP contribution in [-0.2, 0) is 0 Å². The maximum atomic E-state index is 9.64. The molecule has 0 spiro atoms. The maximum absolute atomic E-state index is 9.64. The average Bonchev–Trinajstić information content (AvgIpc) is 2.69. The van der Waals surface area contributed by atoms with Crippen molar-refractivity contribution in [2.24, 2.45) is 5.92 Å². The summed E-state index contributed by atoms with van der Waals surface area (Å²) in [5, 5.41) is 16.8. The molecular formula is C21H24ClN5O. The van der Waals surface area contributed by atoms with Gasteiger partial charge >= 0.3 is 0 Å². The first-order valence-electron chi connectivity index (χ1n) is 9.17. The Labute approximate surface area is 170 Å². The highest BCUT2D eigenvalue weighted by atomic mass is 35.5. The highest BCUT2D eigenvalue weighted by molar-refractivity contribution is 6.31. The van der Waals surface area contributed by atoms with Gasteiger partial charge in [0, 0.05) is 23.0 Å². The van der Waals surface area contributed by atoms with Gasteiger partial charge in [-0.25, -0.2) is 4.98 Å². The van der Waals surface area contributed by atoms with Crippen LogP contribution < -0.4 is 10.6 Å². The van der Waals surface area contributed by atoms with Crippen LogP contribution in [0.2, 0.25) is 5.02 Å². The Morgan fingerprint density at radius 2 is 1.89 bits per heavy atom. The average molecular weight is 398 g/mol. The minimum atomic E-state index is -0.152. The van der Waals surface area contributed by atoms with E-state index in [-0.39, 0.29) is 18.6 Å². The predicted octanol–water partition coefficient (Wildman–Crippen LogP) is 4.67. The monoisotopic (exact) mass is 397 g/mol. The first-order chi connectivity index (χ1) is 13.5. The first-order valence-corrected chi connectivity index (χ1v) is 9.55. The number of nitrogens with zero attached hydrogens (tertiary/aromatic N) is 3. The molecule has 0 aliphatic heterocycles. The summed E-state index contributed by atoms with van der Waals surface area (Å²) >= 11 is 6.24. The van der Waals surface area contributed by atoms with Gasteiger partial charge in [0.2, 0.25) is 5.95 Å². The van der Waals surface area contributed by atoms with Crippen molar-refractivity contribution in [3.8, 4) is 11.4 Å². The van der Waals surface area contributed by atoms with Crippen LogP contribution in [0.25, 0.3) is 11.4 Å². The summed E-state index contributed by atoms with van der Waals surface area (Å²) in [6.45, 7) is 6.01. The van der Waals surface area contributed by atoms with Gasteiger partial charge in [-0.15, -0.1) is 0 Å². The molecule has 3 rings (SSSR count). The SMILES string of the molecule is Cc1ccc(Nc2cc(-c3ccccn3)nc(N[C@H](CO)C(C)C)n2)cc1Cl. The van der Waals surface area contributed by atoms with E-state index >= 15 is 0 Å². The largest absolute Gasteiger partial charge is 0.394 e. The van der Waals surface area contributed by atoms with Gasteiger partial charge in [-0.05, 0) is 42.7 Å². The lowest BCUT2D eigenvalue weighted by atomic mass is 10.1. The zero-order valence-corrected chi connectivity index (χ0v) is 16.9. The summed E-state index contributed by atoms with van der Waals surface area (Å²) in [7, 11) is 0. The molecule has 0 aliphatic carbocycles. The number of aliphatic hydroxyl groups excluding tert-OH is 1. The van der Waals surface area contributed by atoms with Crippen LogP contribution in [0.15, 0.2) is 48.7 Å². The lowest BCUT2D eigenvalue weighted by Gasteiger charge is -2.20. The third-order valence-corrected chi connectivity index (χ3v) is 4.82. The standard InChI is InChI=1S/C21H24ClN5O/c1-13(2)19(12-28)26-21-25-18(17-6-4-5-9-23-17)11-20(27-21)24-15-8-7-14(3)16(22)10-15/h4-11,13,19,28H,12H2,1-3H3,(H2,24,25,26,27)/t19-/m1/s1. The van der Waals surface area contributed by atoms with Crippen LogP contribution in [-0.4, -0.2) is 32.7 Å². The van der Waals surface area contributed by atoms with E-state index in [1.807, 2.05) is 63.2 Å². The summed E-state index contributed by atoms with van der Waals surface area (Å²) in [5.41, 5.74) is 3.26. The van der Waals surface area contributed by atoms with E-state index in [9.17, 15) is 5.11 Å². The molecule has 0 radical (unpaired) electrons. The molecule has 0 aliphatic rings. The number of aromatic nitrogens is 3. The first kappa shape index (κ1) is 20.0. The van der Waals surface area contributed by atoms with Crippen molar-refractivity contribution in [3.63, 3.8) is 0 Å². The third kappa shape index (κ3) is 4.97. The summed E-state index contributed by atoms with van der Waals surface area (Å²) in [6.07, 6.45) is 1.72. The Balaban J connectivity index is 1.97. The molecule has 3 aromatic rings. The number of halogens is 1. The van der Waals surface area contributed by atoms with Crippen LogP contribution in [0.1, 0.15) is 19.4 Å². The van der Waals surface area contributed by atoms with Crippen LogP contribution >= 0.6 is 11.6 Å². The number of aliphatic hydroxyl groups is 1. The molecule has 0 saturated carbocycles. The second-order valence-electron chi connectivity index (χ2n) is 6.94. The number of pyridine rings is 1. The summed E-state index contributed by atoms with van der Waals surface area (Å²) < 4.78 is 0. The van der Waals surface area contributed by atoms with Crippen molar-refractivity contribution in [3.05, 3.63) is 59.2 Å². The van der Waals surface area contributed by atoms with E-state index in [0.717, 1.165) is 16.9 Å². The number of rotatable bonds is 7. The number of aryl methyl sites for hydroxylation is 1. The quantitative estimate of drug-likeness (QED) is 0.537. The van der Waals surface area contributed by atoms with Crippen LogP contribution in [0, 0.1) is 12.8 Å². The predicted molar refractivity (Wildman–Crippen MR) is 114 cm³/mol. The zero-order chi connectivity index (χ0) is 20.1. The molecule has 0 amide bonds. The lowest BCUT2D eigenvalue weighted by molar-refractivity contribution is 0.248. The van der Waals surface area contributed by atoms with Crippen LogP contribution in [0.4, 0.5) is 17.5 Å². The van der Waals surface area contributed by atoms with Gasteiger partial charge in [-0.3, -0.25) is 4.98 Å². The Morgan fingerprint density at radius 3 is 2.54 bits per heavy atom. The zero-order valence-electron chi connectivity index (χ0n) is 16.1. The maximum Gasteiger partial charge on any atom is 0.225 e. The van der Waals surface area contributed by atoms with E-state index in [2.05, 4.69) is 25.6 Å². The molecule has 2 aromatic heterocycles. The van der Waals surface area contributed by atoms with Crippen LogP contribution in [0.3, 0.4) is 0 Å². The van der Waals surface area contributed by atoms with Gasteiger partial charge in [-0.1, -0.05) is 37.6 Å². The molecule has 3 N–H and O–H groups in total. The molecule has 0 unspecified atom stereocenters. The Bertz CT molecular complexity index is 933. The minimum absolute atomic E-state index is 0.00876. The van der Waals surface area contributed by atoms with Gasteiger partial charge in [0.05, 0.1) is 24.0 Å². The van der Waals surface area contributed by atoms with Crippen molar-refractivity contribution in [1.82, 2.24) is 15.0 Å². The molecule has 0 bridgehead atoms. The van der Waals surface area contributed by atoms with E-state index in [4.69, 9.17) is 11.6 Å². The Hall–Kier alpha value is -2.70. The fourth-order valence-electron chi connectivity index (χ4n) is 2.63. The number of hydrogen-bond donors (Lipinski definition) is 3. The molecule has 2 heterocycles. The van der Waals surface area contributed by atoms with Crippen molar-refractivity contribution in [2.75, 3.05) is 17.2 Å². The molecule has 28 heavy (non-hydrogen) atoms. The normalized spacial score (nSPS) is 12.1. The van der Waals surface area contributed by atoms with E-state index in [1.165, 1.54) is 0 Å². The minimum Gasteiger partial charge on any atom is -0.394 e. The molecular weight excluding hydrogens is 374 g/mol. The van der Waals surface area contributed by atoms with Crippen molar-refractivity contribution < 1.29 is 5.11 Å². The molecule has 0 fully saturated rings. The topological polar surface area (TPSA) is 83.0 Å². The third-order valence-electron chi connectivity index (χ3n) is 4.41.